The van der Waals surface area contributed by atoms with Crippen LogP contribution in [0.5, 0.6) is 0 Å². The van der Waals surface area contributed by atoms with Crippen LogP contribution in [-0.2, 0) is 4.79 Å². The Hall–Kier alpha value is -1.06. The number of benzene rings is 1. The molecule has 1 aromatic carbocycles. The molecular formula is C11H13ClN2O. The second-order valence-corrected chi connectivity index (χ2v) is 4.24. The zero-order chi connectivity index (χ0) is 10.8. The molecule has 0 bridgehead atoms. The van der Waals surface area contributed by atoms with E-state index < -0.39 is 0 Å². The van der Waals surface area contributed by atoms with E-state index >= 15 is 0 Å². The van der Waals surface area contributed by atoms with E-state index in [1.807, 2.05) is 24.3 Å². The minimum absolute atomic E-state index is 0.0103. The highest BCUT2D eigenvalue weighted by molar-refractivity contribution is 6.30. The molecule has 2 rings (SSSR count). The number of carbonyl (C=O) groups is 1. The Balaban J connectivity index is 2.21. The molecule has 1 heterocycles. The van der Waals surface area contributed by atoms with Crippen molar-refractivity contribution in [2.75, 3.05) is 0 Å². The minimum Gasteiger partial charge on any atom is -0.348 e. The topological polar surface area (TPSA) is 55.1 Å². The van der Waals surface area contributed by atoms with Crippen molar-refractivity contribution in [2.45, 2.75) is 24.9 Å². The quantitative estimate of drug-likeness (QED) is 0.762. The summed E-state index contributed by atoms with van der Waals surface area (Å²) >= 11 is 5.80. The van der Waals surface area contributed by atoms with Crippen molar-refractivity contribution in [3.05, 3.63) is 34.9 Å². The van der Waals surface area contributed by atoms with Crippen LogP contribution in [0.3, 0.4) is 0 Å². The Morgan fingerprint density at radius 2 is 2.00 bits per heavy atom. The predicted octanol–water partition coefficient (Wildman–Crippen LogP) is 1.62. The molecule has 80 valence electrons. The molecule has 2 unspecified atom stereocenters. The van der Waals surface area contributed by atoms with Crippen molar-refractivity contribution in [2.24, 2.45) is 5.73 Å². The van der Waals surface area contributed by atoms with E-state index in [4.69, 9.17) is 17.3 Å². The van der Waals surface area contributed by atoms with Gasteiger partial charge in [-0.05, 0) is 24.1 Å². The first-order valence-electron chi connectivity index (χ1n) is 4.97. The van der Waals surface area contributed by atoms with Gasteiger partial charge in [-0.2, -0.15) is 0 Å². The maximum atomic E-state index is 11.3. The second-order valence-electron chi connectivity index (χ2n) is 3.80. The standard InChI is InChI=1S/C11H13ClN2O/c12-8-3-1-7(2-4-8)11-9(13)5-6-10(15)14-11/h1-4,9,11H,5-6,13H2,(H,14,15). The zero-order valence-corrected chi connectivity index (χ0v) is 9.00. The number of rotatable bonds is 1. The number of halogens is 1. The molecule has 4 heteroatoms. The van der Waals surface area contributed by atoms with Crippen molar-refractivity contribution >= 4 is 17.5 Å². The van der Waals surface area contributed by atoms with E-state index in [1.54, 1.807) is 0 Å². The number of nitrogens with one attached hydrogen (secondary N) is 1. The third-order valence-corrected chi connectivity index (χ3v) is 2.93. The lowest BCUT2D eigenvalue weighted by molar-refractivity contribution is -0.123. The third-order valence-electron chi connectivity index (χ3n) is 2.68. The molecule has 1 aliphatic heterocycles. The van der Waals surface area contributed by atoms with E-state index in [0.717, 1.165) is 12.0 Å². The van der Waals surface area contributed by atoms with Gasteiger partial charge in [0.05, 0.1) is 6.04 Å². The van der Waals surface area contributed by atoms with Gasteiger partial charge >= 0.3 is 0 Å². The zero-order valence-electron chi connectivity index (χ0n) is 8.24. The van der Waals surface area contributed by atoms with E-state index in [0.29, 0.717) is 11.4 Å². The molecule has 15 heavy (non-hydrogen) atoms. The summed E-state index contributed by atoms with van der Waals surface area (Å²) in [5, 5.41) is 3.58. The molecule has 0 aliphatic carbocycles. The number of piperidine rings is 1. The third kappa shape index (κ3) is 2.30. The van der Waals surface area contributed by atoms with Gasteiger partial charge in [-0.1, -0.05) is 23.7 Å². The summed E-state index contributed by atoms with van der Waals surface area (Å²) in [6, 6.07) is 7.33. The smallest absolute Gasteiger partial charge is 0.220 e. The summed E-state index contributed by atoms with van der Waals surface area (Å²) in [6.07, 6.45) is 1.25. The molecule has 1 aliphatic rings. The Morgan fingerprint density at radius 1 is 1.33 bits per heavy atom. The first-order valence-corrected chi connectivity index (χ1v) is 5.35. The number of hydrogen-bond acceptors (Lipinski definition) is 2. The van der Waals surface area contributed by atoms with Crippen LogP contribution in [0.15, 0.2) is 24.3 Å². The van der Waals surface area contributed by atoms with Gasteiger partial charge in [0.2, 0.25) is 5.91 Å². The molecule has 0 aromatic heterocycles. The number of amides is 1. The van der Waals surface area contributed by atoms with Crippen LogP contribution in [0.2, 0.25) is 5.02 Å². The van der Waals surface area contributed by atoms with Crippen molar-refractivity contribution in [1.82, 2.24) is 5.32 Å². The molecule has 1 fully saturated rings. The van der Waals surface area contributed by atoms with E-state index in [9.17, 15) is 4.79 Å². The van der Waals surface area contributed by atoms with Crippen LogP contribution in [0.1, 0.15) is 24.4 Å². The summed E-state index contributed by atoms with van der Waals surface area (Å²) in [5.74, 6) is 0.0663. The van der Waals surface area contributed by atoms with Crippen LogP contribution in [0.25, 0.3) is 0 Å². The number of hydrogen-bond donors (Lipinski definition) is 2. The van der Waals surface area contributed by atoms with Crippen LogP contribution in [-0.4, -0.2) is 11.9 Å². The highest BCUT2D eigenvalue weighted by Gasteiger charge is 2.26. The molecule has 0 spiro atoms. The Labute approximate surface area is 93.6 Å². The summed E-state index contributed by atoms with van der Waals surface area (Å²) < 4.78 is 0. The fraction of sp³-hybridized carbons (Fsp3) is 0.364. The Morgan fingerprint density at radius 3 is 2.67 bits per heavy atom. The van der Waals surface area contributed by atoms with Crippen LogP contribution in [0, 0.1) is 0 Å². The fourth-order valence-electron chi connectivity index (χ4n) is 1.82. The van der Waals surface area contributed by atoms with Crippen molar-refractivity contribution in [1.29, 1.82) is 0 Å². The average molecular weight is 225 g/mol. The van der Waals surface area contributed by atoms with Gasteiger partial charge in [0.15, 0.2) is 0 Å². The molecule has 3 nitrogen and oxygen atoms in total. The van der Waals surface area contributed by atoms with Crippen molar-refractivity contribution < 1.29 is 4.79 Å². The fourth-order valence-corrected chi connectivity index (χ4v) is 1.94. The first-order chi connectivity index (χ1) is 7.16. The highest BCUT2D eigenvalue weighted by atomic mass is 35.5. The Kier molecular flexibility index (Phi) is 2.93. The summed E-state index contributed by atoms with van der Waals surface area (Å²) in [4.78, 5) is 11.3. The van der Waals surface area contributed by atoms with E-state index in [1.165, 1.54) is 0 Å². The maximum Gasteiger partial charge on any atom is 0.220 e. The monoisotopic (exact) mass is 224 g/mol. The van der Waals surface area contributed by atoms with Crippen molar-refractivity contribution in [3.63, 3.8) is 0 Å². The van der Waals surface area contributed by atoms with Gasteiger partial charge in [0, 0.05) is 17.5 Å². The molecule has 1 aromatic rings. The summed E-state index contributed by atoms with van der Waals surface area (Å²) in [6.45, 7) is 0. The number of carbonyl (C=O) groups excluding carboxylic acids is 1. The van der Waals surface area contributed by atoms with Crippen LogP contribution < -0.4 is 11.1 Å². The molecule has 3 N–H and O–H groups in total. The van der Waals surface area contributed by atoms with Gasteiger partial charge < -0.3 is 11.1 Å². The largest absolute Gasteiger partial charge is 0.348 e. The summed E-state index contributed by atoms with van der Waals surface area (Å²) in [7, 11) is 0. The average Bonchev–Trinajstić information content (AvgIpc) is 2.23. The maximum absolute atomic E-state index is 11.3. The molecule has 2 atom stereocenters. The van der Waals surface area contributed by atoms with Gasteiger partial charge in [0.1, 0.15) is 0 Å². The highest BCUT2D eigenvalue weighted by Crippen LogP contribution is 2.23. The molecule has 1 amide bonds. The van der Waals surface area contributed by atoms with Crippen LogP contribution in [0.4, 0.5) is 0 Å². The summed E-state index contributed by atoms with van der Waals surface area (Å²) in [5.41, 5.74) is 6.98. The number of nitrogens with two attached hydrogens (primary N) is 1. The minimum atomic E-state index is -0.0801. The van der Waals surface area contributed by atoms with Gasteiger partial charge in [-0.25, -0.2) is 0 Å². The molecule has 1 saturated heterocycles. The lowest BCUT2D eigenvalue weighted by Crippen LogP contribution is -2.45. The van der Waals surface area contributed by atoms with E-state index in [-0.39, 0.29) is 18.0 Å². The van der Waals surface area contributed by atoms with Crippen LogP contribution >= 0.6 is 11.6 Å². The second kappa shape index (κ2) is 4.21. The predicted molar refractivity (Wildman–Crippen MR) is 59.5 cm³/mol. The SMILES string of the molecule is NC1CCC(=O)NC1c1ccc(Cl)cc1. The molecule has 0 radical (unpaired) electrons. The lowest BCUT2D eigenvalue weighted by atomic mass is 9.93. The van der Waals surface area contributed by atoms with Gasteiger partial charge in [0.25, 0.3) is 0 Å². The molecular weight excluding hydrogens is 212 g/mol. The van der Waals surface area contributed by atoms with Gasteiger partial charge in [-0.15, -0.1) is 0 Å². The van der Waals surface area contributed by atoms with Crippen molar-refractivity contribution in [3.8, 4) is 0 Å². The van der Waals surface area contributed by atoms with Gasteiger partial charge in [-0.3, -0.25) is 4.79 Å². The molecule has 0 saturated carbocycles. The lowest BCUT2D eigenvalue weighted by Gasteiger charge is -2.29. The first kappa shape index (κ1) is 10.5. The normalized spacial score (nSPS) is 26.1. The van der Waals surface area contributed by atoms with E-state index in [2.05, 4.69) is 5.32 Å². The Bertz CT molecular complexity index is 363.